The van der Waals surface area contributed by atoms with E-state index in [4.69, 9.17) is 11.6 Å². The van der Waals surface area contributed by atoms with Crippen LogP contribution in [0.1, 0.15) is 23.2 Å². The zero-order chi connectivity index (χ0) is 14.7. The van der Waals surface area contributed by atoms with E-state index in [1.54, 1.807) is 18.2 Å². The van der Waals surface area contributed by atoms with Crippen molar-refractivity contribution < 1.29 is 4.79 Å². The molecule has 0 saturated carbocycles. The van der Waals surface area contributed by atoms with Crippen molar-refractivity contribution in [2.24, 2.45) is 0 Å². The van der Waals surface area contributed by atoms with Gasteiger partial charge in [0, 0.05) is 24.5 Å². The number of nitrogens with one attached hydrogen (secondary N) is 1. The van der Waals surface area contributed by atoms with Crippen LogP contribution in [0.3, 0.4) is 0 Å². The number of halogens is 1. The van der Waals surface area contributed by atoms with Crippen molar-refractivity contribution in [3.8, 4) is 0 Å². The van der Waals surface area contributed by atoms with Crippen molar-refractivity contribution in [1.82, 2.24) is 0 Å². The van der Waals surface area contributed by atoms with Crippen LogP contribution in [0.2, 0.25) is 5.02 Å². The van der Waals surface area contributed by atoms with E-state index in [9.17, 15) is 4.79 Å². The topological polar surface area (TPSA) is 32.3 Å². The largest absolute Gasteiger partial charge is 0.371 e. The second kappa shape index (κ2) is 6.19. The van der Waals surface area contributed by atoms with Gasteiger partial charge in [0.1, 0.15) is 0 Å². The third kappa shape index (κ3) is 3.19. The molecule has 1 aliphatic rings. The molecule has 21 heavy (non-hydrogen) atoms. The molecule has 1 fully saturated rings. The van der Waals surface area contributed by atoms with Crippen LogP contribution in [0.5, 0.6) is 0 Å². The van der Waals surface area contributed by atoms with Gasteiger partial charge in [-0.3, -0.25) is 4.79 Å². The van der Waals surface area contributed by atoms with E-state index in [1.807, 2.05) is 24.3 Å². The molecule has 4 heteroatoms. The molecule has 1 amide bonds. The molecule has 1 N–H and O–H groups in total. The number of rotatable bonds is 3. The van der Waals surface area contributed by atoms with E-state index >= 15 is 0 Å². The van der Waals surface area contributed by atoms with E-state index in [2.05, 4.69) is 16.3 Å². The predicted molar refractivity (Wildman–Crippen MR) is 87.3 cm³/mol. The van der Waals surface area contributed by atoms with Gasteiger partial charge in [0.2, 0.25) is 0 Å². The van der Waals surface area contributed by atoms with Crippen LogP contribution in [0.15, 0.2) is 48.5 Å². The zero-order valence-corrected chi connectivity index (χ0v) is 12.4. The lowest BCUT2D eigenvalue weighted by molar-refractivity contribution is 0.102. The summed E-state index contributed by atoms with van der Waals surface area (Å²) in [6.07, 6.45) is 2.46. The van der Waals surface area contributed by atoms with Gasteiger partial charge in [-0.25, -0.2) is 0 Å². The van der Waals surface area contributed by atoms with Gasteiger partial charge >= 0.3 is 0 Å². The van der Waals surface area contributed by atoms with Gasteiger partial charge in [0.05, 0.1) is 10.6 Å². The van der Waals surface area contributed by atoms with Crippen molar-refractivity contribution in [2.75, 3.05) is 23.3 Å². The first-order valence-corrected chi connectivity index (χ1v) is 7.53. The van der Waals surface area contributed by atoms with Gasteiger partial charge in [-0.2, -0.15) is 0 Å². The lowest BCUT2D eigenvalue weighted by atomic mass is 10.2. The van der Waals surface area contributed by atoms with E-state index in [-0.39, 0.29) is 5.91 Å². The minimum Gasteiger partial charge on any atom is -0.371 e. The summed E-state index contributed by atoms with van der Waals surface area (Å²) in [5, 5.41) is 3.38. The highest BCUT2D eigenvalue weighted by Crippen LogP contribution is 2.24. The second-order valence-electron chi connectivity index (χ2n) is 5.18. The fourth-order valence-corrected chi connectivity index (χ4v) is 2.82. The number of carbonyl (C=O) groups is 1. The normalized spacial score (nSPS) is 14.2. The average molecular weight is 301 g/mol. The number of hydrogen-bond donors (Lipinski definition) is 1. The Morgan fingerprint density at radius 3 is 2.57 bits per heavy atom. The third-order valence-corrected chi connectivity index (χ3v) is 4.02. The highest BCUT2D eigenvalue weighted by Gasteiger charge is 2.14. The smallest absolute Gasteiger partial charge is 0.257 e. The summed E-state index contributed by atoms with van der Waals surface area (Å²) >= 11 is 6.05. The third-order valence-electron chi connectivity index (χ3n) is 3.69. The van der Waals surface area contributed by atoms with Gasteiger partial charge in [0.25, 0.3) is 5.91 Å². The predicted octanol–water partition coefficient (Wildman–Crippen LogP) is 4.19. The first-order chi connectivity index (χ1) is 10.2. The summed E-state index contributed by atoms with van der Waals surface area (Å²) in [7, 11) is 0. The SMILES string of the molecule is O=C(Nc1cccc(N2CCCC2)c1)c1ccccc1Cl. The quantitative estimate of drug-likeness (QED) is 0.921. The number of benzene rings is 2. The molecule has 108 valence electrons. The first kappa shape index (κ1) is 14.0. The molecule has 2 aromatic carbocycles. The van der Waals surface area contributed by atoms with Crippen LogP contribution < -0.4 is 10.2 Å². The molecule has 1 aliphatic heterocycles. The van der Waals surface area contributed by atoms with Crippen LogP contribution >= 0.6 is 11.6 Å². The van der Waals surface area contributed by atoms with Crippen molar-refractivity contribution in [2.45, 2.75) is 12.8 Å². The second-order valence-corrected chi connectivity index (χ2v) is 5.59. The van der Waals surface area contributed by atoms with Gasteiger partial charge in [-0.05, 0) is 43.2 Å². The molecular formula is C17H17ClN2O. The molecule has 1 heterocycles. The lowest BCUT2D eigenvalue weighted by Gasteiger charge is -2.18. The Morgan fingerprint density at radius 1 is 1.05 bits per heavy atom. The van der Waals surface area contributed by atoms with E-state index in [0.717, 1.165) is 24.5 Å². The molecule has 0 aromatic heterocycles. The Morgan fingerprint density at radius 2 is 1.81 bits per heavy atom. The number of nitrogens with zero attached hydrogens (tertiary/aromatic N) is 1. The molecular weight excluding hydrogens is 284 g/mol. The van der Waals surface area contributed by atoms with Gasteiger partial charge in [-0.1, -0.05) is 29.8 Å². The average Bonchev–Trinajstić information content (AvgIpc) is 3.02. The lowest BCUT2D eigenvalue weighted by Crippen LogP contribution is -2.18. The highest BCUT2D eigenvalue weighted by atomic mass is 35.5. The van der Waals surface area contributed by atoms with Crippen molar-refractivity contribution >= 4 is 28.9 Å². The summed E-state index contributed by atoms with van der Waals surface area (Å²) < 4.78 is 0. The summed E-state index contributed by atoms with van der Waals surface area (Å²) in [5.74, 6) is -0.181. The highest BCUT2D eigenvalue weighted by molar-refractivity contribution is 6.34. The molecule has 2 aromatic rings. The van der Waals surface area contributed by atoms with E-state index < -0.39 is 0 Å². The van der Waals surface area contributed by atoms with Crippen molar-refractivity contribution in [1.29, 1.82) is 0 Å². The summed E-state index contributed by atoms with van der Waals surface area (Å²) in [4.78, 5) is 14.6. The van der Waals surface area contributed by atoms with Crippen LogP contribution in [0.25, 0.3) is 0 Å². The number of hydrogen-bond acceptors (Lipinski definition) is 2. The number of carbonyl (C=O) groups excluding carboxylic acids is 1. The first-order valence-electron chi connectivity index (χ1n) is 7.15. The Hall–Kier alpha value is -2.00. The van der Waals surface area contributed by atoms with E-state index in [0.29, 0.717) is 10.6 Å². The van der Waals surface area contributed by atoms with Crippen LogP contribution in [-0.4, -0.2) is 19.0 Å². The Kier molecular flexibility index (Phi) is 4.11. The molecule has 0 aliphatic carbocycles. The van der Waals surface area contributed by atoms with Gasteiger partial charge in [-0.15, -0.1) is 0 Å². The van der Waals surface area contributed by atoms with Gasteiger partial charge in [0.15, 0.2) is 0 Å². The molecule has 3 nitrogen and oxygen atoms in total. The standard InChI is InChI=1S/C17H17ClN2O/c18-16-9-2-1-8-15(16)17(21)19-13-6-5-7-14(12-13)20-10-3-4-11-20/h1-2,5-9,12H,3-4,10-11H2,(H,19,21). The fourth-order valence-electron chi connectivity index (χ4n) is 2.60. The van der Waals surface area contributed by atoms with Crippen LogP contribution in [0.4, 0.5) is 11.4 Å². The molecule has 0 radical (unpaired) electrons. The molecule has 0 bridgehead atoms. The molecule has 1 saturated heterocycles. The molecule has 3 rings (SSSR count). The minimum atomic E-state index is -0.181. The Balaban J connectivity index is 1.77. The van der Waals surface area contributed by atoms with Crippen LogP contribution in [0, 0.1) is 0 Å². The minimum absolute atomic E-state index is 0.181. The molecule has 0 atom stereocenters. The molecule has 0 unspecified atom stereocenters. The van der Waals surface area contributed by atoms with Crippen molar-refractivity contribution in [3.05, 3.63) is 59.1 Å². The summed E-state index contributed by atoms with van der Waals surface area (Å²) in [6.45, 7) is 2.17. The van der Waals surface area contributed by atoms with Crippen LogP contribution in [-0.2, 0) is 0 Å². The van der Waals surface area contributed by atoms with Crippen molar-refractivity contribution in [3.63, 3.8) is 0 Å². The Labute approximate surface area is 129 Å². The van der Waals surface area contributed by atoms with E-state index in [1.165, 1.54) is 12.8 Å². The van der Waals surface area contributed by atoms with Gasteiger partial charge < -0.3 is 10.2 Å². The Bertz CT molecular complexity index is 651. The fraction of sp³-hybridized carbons (Fsp3) is 0.235. The number of amides is 1. The summed E-state index contributed by atoms with van der Waals surface area (Å²) in [5.41, 5.74) is 2.44. The maximum Gasteiger partial charge on any atom is 0.257 e. The maximum absolute atomic E-state index is 12.3. The zero-order valence-electron chi connectivity index (χ0n) is 11.7. The monoisotopic (exact) mass is 300 g/mol. The molecule has 0 spiro atoms. The maximum atomic E-state index is 12.3. The summed E-state index contributed by atoms with van der Waals surface area (Å²) in [6, 6.07) is 15.0. The number of anilines is 2.